The van der Waals surface area contributed by atoms with Gasteiger partial charge in [-0.2, -0.15) is 13.2 Å². The Balaban J connectivity index is 1.69. The summed E-state index contributed by atoms with van der Waals surface area (Å²) >= 11 is 0. The van der Waals surface area contributed by atoms with Crippen LogP contribution in [-0.2, 0) is 31.8 Å². The summed E-state index contributed by atoms with van der Waals surface area (Å²) in [4.78, 5) is 54.0. The van der Waals surface area contributed by atoms with Crippen LogP contribution in [0.15, 0.2) is 48.5 Å². The zero-order valence-electron chi connectivity index (χ0n) is 20.2. The average molecular weight is 535 g/mol. The maximum atomic E-state index is 13.6. The summed E-state index contributed by atoms with van der Waals surface area (Å²) in [5.41, 5.74) is -0.652. The second-order valence-electron chi connectivity index (χ2n) is 8.75. The molecule has 0 bridgehead atoms. The highest BCUT2D eigenvalue weighted by Gasteiger charge is 2.53. The number of hydrogen-bond donors (Lipinski definition) is 1. The smallest absolute Gasteiger partial charge is 0.416 e. The van der Waals surface area contributed by atoms with Crippen molar-refractivity contribution in [1.29, 1.82) is 0 Å². The molecule has 0 spiro atoms. The molecule has 2 saturated heterocycles. The first-order valence-corrected chi connectivity index (χ1v) is 11.5. The number of carboxylic acids is 1. The van der Waals surface area contributed by atoms with E-state index in [4.69, 9.17) is 14.6 Å². The van der Waals surface area contributed by atoms with Gasteiger partial charge in [-0.1, -0.05) is 18.2 Å². The molecule has 0 radical (unpaired) electrons. The molecule has 4 amide bonds. The van der Waals surface area contributed by atoms with Crippen LogP contribution in [0.3, 0.4) is 0 Å². The Hall–Kier alpha value is -4.13. The second kappa shape index (κ2) is 10.7. The number of alkyl halides is 3. The minimum atomic E-state index is -4.71. The van der Waals surface area contributed by atoms with E-state index < -0.39 is 60.9 Å². The Morgan fingerprint density at radius 2 is 1.79 bits per heavy atom. The molecule has 0 aromatic heterocycles. The van der Waals surface area contributed by atoms with Crippen LogP contribution in [0.25, 0.3) is 0 Å². The zero-order valence-corrected chi connectivity index (χ0v) is 20.2. The van der Waals surface area contributed by atoms with Crippen LogP contribution < -0.4 is 9.64 Å². The number of anilines is 1. The maximum absolute atomic E-state index is 13.6. The van der Waals surface area contributed by atoms with Crippen molar-refractivity contribution >= 4 is 29.5 Å². The number of carboxylic acid groups (broad SMARTS) is 1. The maximum Gasteiger partial charge on any atom is 0.416 e. The molecule has 2 aromatic carbocycles. The van der Waals surface area contributed by atoms with E-state index in [9.17, 15) is 32.3 Å². The molecule has 1 N–H and O–H groups in total. The predicted octanol–water partition coefficient (Wildman–Crippen LogP) is 2.75. The van der Waals surface area contributed by atoms with Gasteiger partial charge < -0.3 is 24.4 Å². The van der Waals surface area contributed by atoms with E-state index in [2.05, 4.69) is 0 Å². The molecule has 38 heavy (non-hydrogen) atoms. The fraction of sp³-hybridized carbons (Fsp3) is 0.360. The third-order valence-corrected chi connectivity index (χ3v) is 6.39. The van der Waals surface area contributed by atoms with Crippen LogP contribution >= 0.6 is 0 Å². The molecule has 0 unspecified atom stereocenters. The van der Waals surface area contributed by atoms with Gasteiger partial charge in [-0.25, -0.2) is 14.5 Å². The molecule has 2 aliphatic heterocycles. The van der Waals surface area contributed by atoms with Crippen LogP contribution in [0, 0.1) is 0 Å². The van der Waals surface area contributed by atoms with E-state index in [1.807, 2.05) is 0 Å². The van der Waals surface area contributed by atoms with Crippen molar-refractivity contribution in [1.82, 2.24) is 9.80 Å². The molecule has 0 saturated carbocycles. The van der Waals surface area contributed by atoms with Crippen molar-refractivity contribution in [2.75, 3.05) is 31.8 Å². The average Bonchev–Trinajstić information content (AvgIpc) is 3.32. The number of ether oxygens (including phenoxy) is 2. The quantitative estimate of drug-likeness (QED) is 0.553. The van der Waals surface area contributed by atoms with Crippen molar-refractivity contribution in [2.24, 2.45) is 0 Å². The van der Waals surface area contributed by atoms with Crippen LogP contribution in [-0.4, -0.2) is 77.7 Å². The molecule has 0 aliphatic carbocycles. The second-order valence-corrected chi connectivity index (χ2v) is 8.75. The van der Waals surface area contributed by atoms with E-state index in [1.54, 1.807) is 24.3 Å². The number of amides is 4. The van der Waals surface area contributed by atoms with Crippen LogP contribution in [0.5, 0.6) is 5.75 Å². The Labute approximate surface area is 215 Å². The number of methoxy groups -OCH3 is 1. The fourth-order valence-corrected chi connectivity index (χ4v) is 4.66. The molecule has 202 valence electrons. The lowest BCUT2D eigenvalue weighted by Gasteiger charge is -2.43. The Morgan fingerprint density at radius 3 is 2.42 bits per heavy atom. The van der Waals surface area contributed by atoms with Crippen molar-refractivity contribution in [2.45, 2.75) is 31.2 Å². The van der Waals surface area contributed by atoms with E-state index in [1.165, 1.54) is 23.0 Å². The van der Waals surface area contributed by atoms with Gasteiger partial charge >= 0.3 is 18.2 Å². The van der Waals surface area contributed by atoms with Crippen LogP contribution in [0.2, 0.25) is 0 Å². The van der Waals surface area contributed by atoms with E-state index in [-0.39, 0.29) is 25.2 Å². The van der Waals surface area contributed by atoms with E-state index >= 15 is 0 Å². The molecule has 4 rings (SSSR count). The number of halogens is 3. The van der Waals surface area contributed by atoms with Gasteiger partial charge in [0.2, 0.25) is 5.91 Å². The van der Waals surface area contributed by atoms with Crippen LogP contribution in [0.4, 0.5) is 23.7 Å². The summed E-state index contributed by atoms with van der Waals surface area (Å²) in [6, 6.07) is 7.87. The summed E-state index contributed by atoms with van der Waals surface area (Å²) in [7, 11) is 1.50. The first-order chi connectivity index (χ1) is 18.0. The minimum absolute atomic E-state index is 0.0181. The topological polar surface area (TPSA) is 117 Å². The number of benzene rings is 2. The highest BCUT2D eigenvalue weighted by atomic mass is 19.4. The number of fused-ring (bicyclic) bond motifs is 1. The first kappa shape index (κ1) is 26.9. The van der Waals surface area contributed by atoms with Crippen molar-refractivity contribution < 1.29 is 46.9 Å². The Kier molecular flexibility index (Phi) is 7.58. The van der Waals surface area contributed by atoms with Gasteiger partial charge in [0.15, 0.2) is 0 Å². The third-order valence-electron chi connectivity index (χ3n) is 6.39. The van der Waals surface area contributed by atoms with E-state index in [0.29, 0.717) is 22.3 Å². The number of rotatable bonds is 8. The normalized spacial score (nSPS) is 19.5. The van der Waals surface area contributed by atoms with Gasteiger partial charge in [-0.05, 0) is 42.3 Å². The zero-order chi connectivity index (χ0) is 27.6. The number of imide groups is 1. The Bertz CT molecular complexity index is 1240. The number of carbonyl (C=O) groups excluding carboxylic acids is 3. The van der Waals surface area contributed by atoms with Crippen molar-refractivity contribution in [3.05, 3.63) is 59.7 Å². The number of nitrogens with zero attached hydrogens (tertiary/aromatic N) is 3. The lowest BCUT2D eigenvalue weighted by molar-refractivity contribution is -0.148. The van der Waals surface area contributed by atoms with Crippen molar-refractivity contribution in [3.8, 4) is 5.75 Å². The van der Waals surface area contributed by atoms with Crippen molar-refractivity contribution in [3.63, 3.8) is 0 Å². The third kappa shape index (κ3) is 5.42. The molecule has 2 aromatic rings. The van der Waals surface area contributed by atoms with Gasteiger partial charge in [-0.3, -0.25) is 9.59 Å². The summed E-state index contributed by atoms with van der Waals surface area (Å²) in [6.45, 7) is -1.25. The number of carbonyl (C=O) groups is 4. The molecule has 2 aliphatic rings. The number of urea groups is 1. The molecule has 10 nitrogen and oxygen atoms in total. The van der Waals surface area contributed by atoms with Gasteiger partial charge in [0.25, 0.3) is 5.91 Å². The molecule has 2 atom stereocenters. The van der Waals surface area contributed by atoms with E-state index in [0.717, 1.165) is 12.1 Å². The highest BCUT2D eigenvalue weighted by Crippen LogP contribution is 2.37. The van der Waals surface area contributed by atoms with Gasteiger partial charge in [-0.15, -0.1) is 0 Å². The number of likely N-dealkylation sites (tertiary alicyclic amines) is 1. The molecule has 2 heterocycles. The molecule has 13 heteroatoms. The summed E-state index contributed by atoms with van der Waals surface area (Å²) in [5, 5.41) is 8.76. The standard InChI is InChI=1S/C25H24F3N3O7/c1-37-18-7-5-15(6-8-18)12-30-19-9-10-29(20(32)13-38-14-21(33)34)22(19)23(35)31(24(30)36)17-4-2-3-16(11-17)25(26,27)28/h2-8,11,19,22H,9-10,12-14H2,1H3,(H,33,34)/t19-,22+/m1/s1. The lowest BCUT2D eigenvalue weighted by Crippen LogP contribution is -2.66. The molecule has 2 fully saturated rings. The van der Waals surface area contributed by atoms with Gasteiger partial charge in [0.1, 0.15) is 25.0 Å². The number of aliphatic carboxylic acids is 1. The Morgan fingerprint density at radius 1 is 1.08 bits per heavy atom. The summed E-state index contributed by atoms with van der Waals surface area (Å²) < 4.78 is 50.2. The first-order valence-electron chi connectivity index (χ1n) is 11.5. The van der Waals surface area contributed by atoms with Gasteiger partial charge in [0, 0.05) is 13.1 Å². The fourth-order valence-electron chi connectivity index (χ4n) is 4.66. The van der Waals surface area contributed by atoms with Crippen LogP contribution in [0.1, 0.15) is 17.5 Å². The lowest BCUT2D eigenvalue weighted by atomic mass is 10.0. The highest BCUT2D eigenvalue weighted by molar-refractivity contribution is 6.19. The minimum Gasteiger partial charge on any atom is -0.497 e. The summed E-state index contributed by atoms with van der Waals surface area (Å²) in [5.74, 6) is -2.22. The number of hydrogen-bond acceptors (Lipinski definition) is 6. The summed E-state index contributed by atoms with van der Waals surface area (Å²) in [6.07, 6.45) is -4.47. The molecular formula is C25H24F3N3O7. The van der Waals surface area contributed by atoms with Gasteiger partial charge in [0.05, 0.1) is 24.4 Å². The molecular weight excluding hydrogens is 511 g/mol. The SMILES string of the molecule is COc1ccc(CN2C(=O)N(c3cccc(C(F)(F)F)c3)C(=O)[C@@H]3[C@H]2CCN3C(=O)COCC(=O)O)cc1. The monoisotopic (exact) mass is 535 g/mol. The largest absolute Gasteiger partial charge is 0.497 e. The predicted molar refractivity (Wildman–Crippen MR) is 125 cm³/mol.